The predicted octanol–water partition coefficient (Wildman–Crippen LogP) is 3.30. The lowest BCUT2D eigenvalue weighted by Crippen LogP contribution is -2.49. The number of hydrogen-bond acceptors (Lipinski definition) is 6. The van der Waals surface area contributed by atoms with Gasteiger partial charge in [-0.25, -0.2) is 0 Å². The molecule has 5 rings (SSSR count). The normalized spacial score (nSPS) is 19.3. The summed E-state index contributed by atoms with van der Waals surface area (Å²) in [7, 11) is 0. The molecule has 0 bridgehead atoms. The molecule has 1 aromatic heterocycles. The third kappa shape index (κ3) is 6.43. The number of benzene rings is 2. The van der Waals surface area contributed by atoms with E-state index in [4.69, 9.17) is 5.73 Å². The molecule has 0 unspecified atom stereocenters. The molecule has 1 aliphatic carbocycles. The summed E-state index contributed by atoms with van der Waals surface area (Å²) in [5, 5.41) is 6.13. The van der Waals surface area contributed by atoms with Crippen molar-refractivity contribution in [2.24, 2.45) is 5.73 Å². The monoisotopic (exact) mass is 526 g/mol. The van der Waals surface area contributed by atoms with Crippen LogP contribution in [0.2, 0.25) is 0 Å². The highest BCUT2D eigenvalue weighted by Gasteiger charge is 2.25. The Hall–Kier alpha value is -4.24. The van der Waals surface area contributed by atoms with Crippen molar-refractivity contribution in [3.8, 4) is 0 Å². The molecule has 0 atom stereocenters. The lowest BCUT2D eigenvalue weighted by Gasteiger charge is -2.37. The molecule has 1 saturated heterocycles. The van der Waals surface area contributed by atoms with E-state index in [0.29, 0.717) is 48.6 Å². The number of pyridine rings is 1. The summed E-state index contributed by atoms with van der Waals surface area (Å²) in [6, 6.07) is 18.3. The number of amides is 3. The van der Waals surface area contributed by atoms with Gasteiger partial charge < -0.3 is 26.2 Å². The molecular weight excluding hydrogens is 492 g/mol. The molecule has 3 amide bonds. The second kappa shape index (κ2) is 12.1. The van der Waals surface area contributed by atoms with E-state index in [1.54, 1.807) is 36.7 Å². The highest BCUT2D eigenvalue weighted by Crippen LogP contribution is 2.30. The molecule has 3 aromatic rings. The molecule has 202 valence electrons. The number of rotatable bonds is 6. The number of nitrogens with one attached hydrogen (secondary N) is 2. The van der Waals surface area contributed by atoms with Crippen molar-refractivity contribution < 1.29 is 14.4 Å². The average molecular weight is 527 g/mol. The van der Waals surface area contributed by atoms with Crippen molar-refractivity contribution in [1.29, 1.82) is 0 Å². The van der Waals surface area contributed by atoms with Crippen molar-refractivity contribution in [3.63, 3.8) is 0 Å². The SMILES string of the molecule is NC1CCC(NC(=O)c2ccc(N3CCN(C(=O)c4ccccc4)CC3)c(NC(=O)c3ccncc3)c2)CC1. The van der Waals surface area contributed by atoms with Gasteiger partial charge in [-0.2, -0.15) is 0 Å². The summed E-state index contributed by atoms with van der Waals surface area (Å²) in [5.74, 6) is -0.438. The largest absolute Gasteiger partial charge is 0.366 e. The van der Waals surface area contributed by atoms with Crippen LogP contribution in [0.5, 0.6) is 0 Å². The third-order valence-electron chi connectivity index (χ3n) is 7.48. The molecule has 9 heteroatoms. The first-order chi connectivity index (χ1) is 19.0. The van der Waals surface area contributed by atoms with E-state index in [1.165, 1.54) is 0 Å². The van der Waals surface area contributed by atoms with E-state index in [1.807, 2.05) is 41.3 Å². The van der Waals surface area contributed by atoms with Crippen LogP contribution in [0.15, 0.2) is 73.1 Å². The molecular formula is C30H34N6O3. The van der Waals surface area contributed by atoms with Gasteiger partial charge in [0.1, 0.15) is 0 Å². The van der Waals surface area contributed by atoms with Crippen molar-refractivity contribution in [3.05, 3.63) is 89.7 Å². The first-order valence-electron chi connectivity index (χ1n) is 13.5. The number of anilines is 2. The molecule has 1 saturated carbocycles. The van der Waals surface area contributed by atoms with Crippen LogP contribution in [0.25, 0.3) is 0 Å². The number of nitrogens with two attached hydrogens (primary N) is 1. The van der Waals surface area contributed by atoms with Crippen LogP contribution in [0, 0.1) is 0 Å². The van der Waals surface area contributed by atoms with Crippen LogP contribution in [-0.4, -0.2) is 65.9 Å². The van der Waals surface area contributed by atoms with E-state index in [-0.39, 0.29) is 29.8 Å². The predicted molar refractivity (Wildman–Crippen MR) is 151 cm³/mol. The first kappa shape index (κ1) is 26.4. The number of nitrogens with zero attached hydrogens (tertiary/aromatic N) is 3. The molecule has 2 aromatic carbocycles. The van der Waals surface area contributed by atoms with Crippen LogP contribution >= 0.6 is 0 Å². The van der Waals surface area contributed by atoms with Gasteiger partial charge in [0.2, 0.25) is 0 Å². The van der Waals surface area contributed by atoms with E-state index < -0.39 is 0 Å². The molecule has 0 radical (unpaired) electrons. The fourth-order valence-electron chi connectivity index (χ4n) is 5.20. The van der Waals surface area contributed by atoms with Crippen LogP contribution < -0.4 is 21.3 Å². The van der Waals surface area contributed by atoms with E-state index in [9.17, 15) is 14.4 Å². The zero-order valence-corrected chi connectivity index (χ0v) is 21.9. The lowest BCUT2D eigenvalue weighted by atomic mass is 9.91. The molecule has 4 N–H and O–H groups in total. The quantitative estimate of drug-likeness (QED) is 0.453. The molecule has 2 aliphatic rings. The highest BCUT2D eigenvalue weighted by atomic mass is 16.2. The number of hydrogen-bond donors (Lipinski definition) is 3. The maximum Gasteiger partial charge on any atom is 0.255 e. The minimum Gasteiger partial charge on any atom is -0.366 e. The highest BCUT2D eigenvalue weighted by molar-refractivity contribution is 6.07. The Morgan fingerprint density at radius 2 is 1.46 bits per heavy atom. The standard InChI is InChI=1S/C30H34N6O3/c31-24-7-9-25(10-8-24)33-29(38)23-6-11-27(26(20-23)34-28(37)21-12-14-32-15-13-21)35-16-18-36(19-17-35)30(39)22-4-2-1-3-5-22/h1-6,11-15,20,24-25H,7-10,16-19,31H2,(H,33,38)(H,34,37). The van der Waals surface area contributed by atoms with E-state index >= 15 is 0 Å². The minimum absolute atomic E-state index is 0.0113. The van der Waals surface area contributed by atoms with Crippen LogP contribution in [-0.2, 0) is 0 Å². The zero-order valence-electron chi connectivity index (χ0n) is 21.9. The maximum absolute atomic E-state index is 13.1. The second-order valence-electron chi connectivity index (χ2n) is 10.2. The van der Waals surface area contributed by atoms with E-state index in [0.717, 1.165) is 31.4 Å². The number of aromatic nitrogens is 1. The number of carbonyl (C=O) groups is 3. The van der Waals surface area contributed by atoms with Gasteiger partial charge in [0.15, 0.2) is 0 Å². The Balaban J connectivity index is 1.33. The molecule has 39 heavy (non-hydrogen) atoms. The topological polar surface area (TPSA) is 121 Å². The molecule has 9 nitrogen and oxygen atoms in total. The van der Waals surface area contributed by atoms with Crippen LogP contribution in [0.4, 0.5) is 11.4 Å². The van der Waals surface area contributed by atoms with Gasteiger partial charge in [-0.15, -0.1) is 0 Å². The molecule has 2 heterocycles. The minimum atomic E-state index is -0.282. The average Bonchev–Trinajstić information content (AvgIpc) is 2.99. The molecule has 0 spiro atoms. The van der Waals surface area contributed by atoms with Gasteiger partial charge >= 0.3 is 0 Å². The summed E-state index contributed by atoms with van der Waals surface area (Å²) in [5.41, 5.74) is 9.01. The van der Waals surface area contributed by atoms with Gasteiger partial charge in [-0.3, -0.25) is 19.4 Å². The Morgan fingerprint density at radius 1 is 0.769 bits per heavy atom. The van der Waals surface area contributed by atoms with Crippen molar-refractivity contribution >= 4 is 29.1 Å². The fraction of sp³-hybridized carbons (Fsp3) is 0.333. The Kier molecular flexibility index (Phi) is 8.17. The smallest absolute Gasteiger partial charge is 0.255 e. The third-order valence-corrected chi connectivity index (χ3v) is 7.48. The van der Waals surface area contributed by atoms with Gasteiger partial charge in [0, 0.05) is 67.3 Å². The summed E-state index contributed by atoms with van der Waals surface area (Å²) >= 11 is 0. The Labute approximate surface area is 228 Å². The Bertz CT molecular complexity index is 1300. The fourth-order valence-corrected chi connectivity index (χ4v) is 5.20. The number of piperazine rings is 1. The lowest BCUT2D eigenvalue weighted by molar-refractivity contribution is 0.0746. The summed E-state index contributed by atoms with van der Waals surface area (Å²) in [6.07, 6.45) is 6.66. The molecule has 2 fully saturated rings. The summed E-state index contributed by atoms with van der Waals surface area (Å²) in [4.78, 5) is 47.1. The summed E-state index contributed by atoms with van der Waals surface area (Å²) < 4.78 is 0. The van der Waals surface area contributed by atoms with Crippen LogP contribution in [0.1, 0.15) is 56.8 Å². The maximum atomic E-state index is 13.1. The molecule has 1 aliphatic heterocycles. The van der Waals surface area contributed by atoms with Gasteiger partial charge in [0.25, 0.3) is 17.7 Å². The van der Waals surface area contributed by atoms with E-state index in [2.05, 4.69) is 20.5 Å². The second-order valence-corrected chi connectivity index (χ2v) is 10.2. The van der Waals surface area contributed by atoms with Gasteiger partial charge in [-0.1, -0.05) is 18.2 Å². The van der Waals surface area contributed by atoms with Crippen LogP contribution in [0.3, 0.4) is 0 Å². The van der Waals surface area contributed by atoms with Gasteiger partial charge in [-0.05, 0) is 68.1 Å². The van der Waals surface area contributed by atoms with Crippen molar-refractivity contribution in [1.82, 2.24) is 15.2 Å². The van der Waals surface area contributed by atoms with Gasteiger partial charge in [0.05, 0.1) is 11.4 Å². The first-order valence-corrected chi connectivity index (χ1v) is 13.5. The Morgan fingerprint density at radius 3 is 2.15 bits per heavy atom. The summed E-state index contributed by atoms with van der Waals surface area (Å²) in [6.45, 7) is 2.31. The van der Waals surface area contributed by atoms with Crippen molar-refractivity contribution in [2.75, 3.05) is 36.4 Å². The van der Waals surface area contributed by atoms with Crippen molar-refractivity contribution in [2.45, 2.75) is 37.8 Å². The number of carbonyl (C=O) groups excluding carboxylic acids is 3. The zero-order chi connectivity index (χ0) is 27.2.